The number of hydrogen-bond acceptors (Lipinski definition) is 3. The van der Waals surface area contributed by atoms with Gasteiger partial charge in [0.05, 0.1) is 5.69 Å². The molecule has 2 aromatic carbocycles. The van der Waals surface area contributed by atoms with Crippen LogP contribution in [0, 0.1) is 6.92 Å². The van der Waals surface area contributed by atoms with Crippen molar-refractivity contribution in [2.45, 2.75) is 26.4 Å². The Labute approximate surface area is 158 Å². The summed E-state index contributed by atoms with van der Waals surface area (Å²) >= 11 is 0. The highest BCUT2D eigenvalue weighted by molar-refractivity contribution is 5.85. The third kappa shape index (κ3) is 3.02. The van der Waals surface area contributed by atoms with Crippen LogP contribution >= 0.6 is 0 Å². The van der Waals surface area contributed by atoms with Gasteiger partial charge < -0.3 is 4.98 Å². The second-order valence-electron chi connectivity index (χ2n) is 7.30. The predicted molar refractivity (Wildman–Crippen MR) is 108 cm³/mol. The molecule has 0 spiro atoms. The minimum Gasteiger partial charge on any atom is -0.361 e. The molecule has 0 amide bonds. The molecule has 0 bridgehead atoms. The van der Waals surface area contributed by atoms with Gasteiger partial charge in [-0.25, -0.2) is 9.97 Å². The smallest absolute Gasteiger partial charge is 0.159 e. The lowest BCUT2D eigenvalue weighted by atomic mass is 10.0. The van der Waals surface area contributed by atoms with Crippen molar-refractivity contribution in [1.29, 1.82) is 0 Å². The number of aromatic nitrogens is 3. The summed E-state index contributed by atoms with van der Waals surface area (Å²) in [6, 6.07) is 16.7. The summed E-state index contributed by atoms with van der Waals surface area (Å²) in [7, 11) is 0. The maximum atomic E-state index is 4.83. The van der Waals surface area contributed by atoms with Gasteiger partial charge in [0.15, 0.2) is 5.82 Å². The third-order valence-electron chi connectivity index (χ3n) is 5.45. The molecule has 1 aliphatic heterocycles. The van der Waals surface area contributed by atoms with E-state index in [0.29, 0.717) is 0 Å². The number of rotatable bonds is 3. The summed E-state index contributed by atoms with van der Waals surface area (Å²) in [5.41, 5.74) is 7.42. The van der Waals surface area contributed by atoms with Crippen LogP contribution in [0.3, 0.4) is 0 Å². The van der Waals surface area contributed by atoms with Crippen LogP contribution in [0.15, 0.2) is 60.9 Å². The van der Waals surface area contributed by atoms with Gasteiger partial charge in [-0.15, -0.1) is 0 Å². The molecule has 0 unspecified atom stereocenters. The van der Waals surface area contributed by atoms with Crippen LogP contribution in [0.5, 0.6) is 0 Å². The van der Waals surface area contributed by atoms with Crippen molar-refractivity contribution in [3.8, 4) is 11.4 Å². The number of H-pyrrole nitrogens is 1. The summed E-state index contributed by atoms with van der Waals surface area (Å²) in [5, 5.41) is 1.33. The SMILES string of the molecule is Cc1cccc2c(CN3CCc4nc(-c5ccccc5)ncc4C3)c[nH]c12. The van der Waals surface area contributed by atoms with Gasteiger partial charge in [0.25, 0.3) is 0 Å². The molecule has 0 aliphatic carbocycles. The van der Waals surface area contributed by atoms with Crippen LogP contribution in [-0.4, -0.2) is 26.4 Å². The van der Waals surface area contributed by atoms with Crippen LogP contribution in [0.4, 0.5) is 0 Å². The third-order valence-corrected chi connectivity index (χ3v) is 5.45. The van der Waals surface area contributed by atoms with E-state index in [9.17, 15) is 0 Å². The average molecular weight is 354 g/mol. The van der Waals surface area contributed by atoms with Crippen molar-refractivity contribution < 1.29 is 0 Å². The molecule has 0 fully saturated rings. The number of nitrogens with one attached hydrogen (secondary N) is 1. The lowest BCUT2D eigenvalue weighted by molar-refractivity contribution is 0.244. The number of nitrogens with zero attached hydrogens (tertiary/aromatic N) is 3. The highest BCUT2D eigenvalue weighted by Gasteiger charge is 2.20. The fourth-order valence-corrected chi connectivity index (χ4v) is 3.97. The van der Waals surface area contributed by atoms with E-state index in [2.05, 4.69) is 58.3 Å². The minimum absolute atomic E-state index is 0.829. The maximum absolute atomic E-state index is 4.83. The van der Waals surface area contributed by atoms with Crippen molar-refractivity contribution in [2.75, 3.05) is 6.54 Å². The Morgan fingerprint density at radius 3 is 2.85 bits per heavy atom. The van der Waals surface area contributed by atoms with E-state index in [0.717, 1.165) is 37.4 Å². The minimum atomic E-state index is 0.829. The molecule has 1 N–H and O–H groups in total. The Bertz CT molecular complexity index is 1100. The van der Waals surface area contributed by atoms with Gasteiger partial charge in [-0.2, -0.15) is 0 Å². The summed E-state index contributed by atoms with van der Waals surface area (Å²) in [5.74, 6) is 0.829. The lowest BCUT2D eigenvalue weighted by Gasteiger charge is -2.27. The number of hydrogen-bond donors (Lipinski definition) is 1. The standard InChI is InChI=1S/C23H22N4/c1-16-6-5-9-20-18(12-24-22(16)20)14-27-11-10-21-19(15-27)13-25-23(26-21)17-7-3-2-4-8-17/h2-9,12-13,24H,10-11,14-15H2,1H3. The molecule has 0 radical (unpaired) electrons. The molecule has 5 rings (SSSR count). The molecule has 0 atom stereocenters. The Hall–Kier alpha value is -2.98. The molecule has 4 nitrogen and oxygen atoms in total. The number of para-hydroxylation sites is 1. The van der Waals surface area contributed by atoms with Crippen LogP contribution in [-0.2, 0) is 19.5 Å². The molecule has 2 aromatic heterocycles. The Morgan fingerprint density at radius 2 is 1.96 bits per heavy atom. The fourth-order valence-electron chi connectivity index (χ4n) is 3.97. The van der Waals surface area contributed by atoms with E-state index in [1.54, 1.807) is 0 Å². The Kier molecular flexibility index (Phi) is 3.98. The van der Waals surface area contributed by atoms with E-state index in [1.165, 1.54) is 33.3 Å². The van der Waals surface area contributed by atoms with E-state index in [-0.39, 0.29) is 0 Å². The predicted octanol–water partition coefficient (Wildman–Crippen LogP) is 4.49. The average Bonchev–Trinajstić information content (AvgIpc) is 3.12. The molecule has 0 saturated heterocycles. The Morgan fingerprint density at radius 1 is 1.07 bits per heavy atom. The summed E-state index contributed by atoms with van der Waals surface area (Å²) in [6.45, 7) is 5.03. The molecule has 4 aromatic rings. The van der Waals surface area contributed by atoms with E-state index < -0.39 is 0 Å². The number of aromatic amines is 1. The lowest BCUT2D eigenvalue weighted by Crippen LogP contribution is -2.30. The van der Waals surface area contributed by atoms with Crippen molar-refractivity contribution in [1.82, 2.24) is 19.9 Å². The van der Waals surface area contributed by atoms with Gasteiger partial charge in [-0.3, -0.25) is 4.90 Å². The first kappa shape index (κ1) is 16.2. The Balaban J connectivity index is 1.37. The quantitative estimate of drug-likeness (QED) is 0.589. The van der Waals surface area contributed by atoms with Crippen LogP contribution in [0.25, 0.3) is 22.3 Å². The molecule has 0 saturated carbocycles. The van der Waals surface area contributed by atoms with E-state index >= 15 is 0 Å². The monoisotopic (exact) mass is 354 g/mol. The largest absolute Gasteiger partial charge is 0.361 e. The second kappa shape index (κ2) is 6.63. The zero-order valence-electron chi connectivity index (χ0n) is 15.4. The second-order valence-corrected chi connectivity index (χ2v) is 7.30. The number of benzene rings is 2. The summed E-state index contributed by atoms with van der Waals surface area (Å²) < 4.78 is 0. The van der Waals surface area contributed by atoms with Gasteiger partial charge in [-0.1, -0.05) is 48.5 Å². The van der Waals surface area contributed by atoms with Crippen molar-refractivity contribution in [3.63, 3.8) is 0 Å². The van der Waals surface area contributed by atoms with Crippen molar-refractivity contribution >= 4 is 10.9 Å². The first-order valence-electron chi connectivity index (χ1n) is 9.46. The molecule has 134 valence electrons. The first-order valence-corrected chi connectivity index (χ1v) is 9.46. The number of fused-ring (bicyclic) bond motifs is 2. The highest BCUT2D eigenvalue weighted by atomic mass is 15.1. The molecular weight excluding hydrogens is 332 g/mol. The topological polar surface area (TPSA) is 44.8 Å². The van der Waals surface area contributed by atoms with Gasteiger partial charge >= 0.3 is 0 Å². The first-order chi connectivity index (χ1) is 13.3. The zero-order valence-corrected chi connectivity index (χ0v) is 15.4. The van der Waals surface area contributed by atoms with Gasteiger partial charge in [0.1, 0.15) is 0 Å². The molecule has 4 heteroatoms. The number of aryl methyl sites for hydroxylation is 1. The molecular formula is C23H22N4. The zero-order chi connectivity index (χ0) is 18.2. The van der Waals surface area contributed by atoms with Crippen LogP contribution in [0.2, 0.25) is 0 Å². The van der Waals surface area contributed by atoms with Crippen molar-refractivity contribution in [2.24, 2.45) is 0 Å². The molecule has 1 aliphatic rings. The normalized spacial score (nSPS) is 14.4. The molecule has 27 heavy (non-hydrogen) atoms. The maximum Gasteiger partial charge on any atom is 0.159 e. The van der Waals surface area contributed by atoms with Gasteiger partial charge in [0.2, 0.25) is 0 Å². The van der Waals surface area contributed by atoms with Gasteiger partial charge in [-0.05, 0) is 18.1 Å². The fraction of sp³-hybridized carbons (Fsp3) is 0.217. The van der Waals surface area contributed by atoms with Crippen LogP contribution in [0.1, 0.15) is 22.4 Å². The van der Waals surface area contributed by atoms with Crippen LogP contribution < -0.4 is 0 Å². The summed E-state index contributed by atoms with van der Waals surface area (Å²) in [4.78, 5) is 15.4. The van der Waals surface area contributed by atoms with Gasteiger partial charge in [0, 0.05) is 60.5 Å². The highest BCUT2D eigenvalue weighted by Crippen LogP contribution is 2.26. The van der Waals surface area contributed by atoms with E-state index in [1.807, 2.05) is 24.4 Å². The van der Waals surface area contributed by atoms with E-state index in [4.69, 9.17) is 4.98 Å². The molecule has 3 heterocycles. The van der Waals surface area contributed by atoms with Crippen molar-refractivity contribution in [3.05, 3.63) is 83.3 Å². The summed E-state index contributed by atoms with van der Waals surface area (Å²) in [6.07, 6.45) is 5.14.